The molecular weight excluding hydrogens is 178 g/mol. The molecule has 1 N–H and O–H groups in total. The fourth-order valence-electron chi connectivity index (χ4n) is 1.33. The van der Waals surface area contributed by atoms with Gasteiger partial charge in [-0.05, 0) is 19.3 Å². The molecule has 3 atom stereocenters. The van der Waals surface area contributed by atoms with E-state index in [4.69, 9.17) is 4.74 Å². The van der Waals surface area contributed by atoms with Crippen molar-refractivity contribution in [3.8, 4) is 0 Å². The van der Waals surface area contributed by atoms with Gasteiger partial charge in [-0.3, -0.25) is 4.79 Å². The largest absolute Gasteiger partial charge is 0.468 e. The number of rotatable bonds is 6. The van der Waals surface area contributed by atoms with Crippen molar-refractivity contribution in [3.05, 3.63) is 0 Å². The minimum atomic E-state index is -0.164. The quantitative estimate of drug-likeness (QED) is 0.668. The zero-order valence-corrected chi connectivity index (χ0v) is 9.96. The maximum Gasteiger partial charge on any atom is 0.322 e. The van der Waals surface area contributed by atoms with Crippen LogP contribution in [0.15, 0.2) is 0 Å². The van der Waals surface area contributed by atoms with Crippen molar-refractivity contribution in [1.82, 2.24) is 5.32 Å². The highest BCUT2D eigenvalue weighted by Gasteiger charge is 2.20. The van der Waals surface area contributed by atoms with E-state index < -0.39 is 0 Å². The molecule has 0 aliphatic rings. The topological polar surface area (TPSA) is 38.3 Å². The number of hydrogen-bond donors (Lipinski definition) is 1. The molecule has 0 saturated carbocycles. The van der Waals surface area contributed by atoms with Crippen LogP contribution in [0.25, 0.3) is 0 Å². The van der Waals surface area contributed by atoms with E-state index in [0.29, 0.717) is 12.0 Å². The number of nitrogens with one attached hydrogen (secondary N) is 1. The van der Waals surface area contributed by atoms with Crippen LogP contribution < -0.4 is 5.32 Å². The zero-order valence-electron chi connectivity index (χ0n) is 9.96. The van der Waals surface area contributed by atoms with Gasteiger partial charge < -0.3 is 10.1 Å². The Morgan fingerprint density at radius 1 is 1.29 bits per heavy atom. The number of carbonyl (C=O) groups is 1. The van der Waals surface area contributed by atoms with Crippen molar-refractivity contribution < 1.29 is 9.53 Å². The normalized spacial score (nSPS) is 17.2. The number of hydrogen-bond acceptors (Lipinski definition) is 3. The van der Waals surface area contributed by atoms with Gasteiger partial charge in [0.15, 0.2) is 0 Å². The van der Waals surface area contributed by atoms with E-state index in [-0.39, 0.29) is 12.0 Å². The Balaban J connectivity index is 4.10. The lowest BCUT2D eigenvalue weighted by Gasteiger charge is -2.24. The Labute approximate surface area is 87.2 Å². The van der Waals surface area contributed by atoms with Gasteiger partial charge in [0, 0.05) is 6.04 Å². The van der Waals surface area contributed by atoms with Crippen molar-refractivity contribution in [2.24, 2.45) is 5.92 Å². The van der Waals surface area contributed by atoms with Crippen molar-refractivity contribution in [1.29, 1.82) is 0 Å². The summed E-state index contributed by atoms with van der Waals surface area (Å²) in [7, 11) is 1.43. The Morgan fingerprint density at radius 2 is 1.86 bits per heavy atom. The average molecular weight is 201 g/mol. The van der Waals surface area contributed by atoms with Crippen molar-refractivity contribution in [2.75, 3.05) is 7.11 Å². The molecule has 3 heteroatoms. The molecule has 0 aromatic carbocycles. The van der Waals surface area contributed by atoms with E-state index in [1.54, 1.807) is 0 Å². The second-order valence-electron chi connectivity index (χ2n) is 3.82. The van der Waals surface area contributed by atoms with Gasteiger partial charge in [0.2, 0.25) is 0 Å². The maximum absolute atomic E-state index is 11.3. The van der Waals surface area contributed by atoms with E-state index in [0.717, 1.165) is 12.8 Å². The van der Waals surface area contributed by atoms with E-state index in [2.05, 4.69) is 26.1 Å². The van der Waals surface area contributed by atoms with Crippen LogP contribution in [0, 0.1) is 5.92 Å². The van der Waals surface area contributed by atoms with E-state index in [9.17, 15) is 4.79 Å². The first-order valence-corrected chi connectivity index (χ1v) is 5.40. The van der Waals surface area contributed by atoms with Crippen LogP contribution in [0.4, 0.5) is 0 Å². The highest BCUT2D eigenvalue weighted by Crippen LogP contribution is 2.08. The molecule has 14 heavy (non-hydrogen) atoms. The van der Waals surface area contributed by atoms with Crippen LogP contribution in [0.1, 0.15) is 40.5 Å². The number of methoxy groups -OCH3 is 1. The highest BCUT2D eigenvalue weighted by molar-refractivity contribution is 5.75. The van der Waals surface area contributed by atoms with E-state index >= 15 is 0 Å². The molecule has 0 saturated heterocycles. The predicted molar refractivity (Wildman–Crippen MR) is 58.1 cm³/mol. The van der Waals surface area contributed by atoms with Gasteiger partial charge in [0.05, 0.1) is 7.11 Å². The first kappa shape index (κ1) is 13.4. The van der Waals surface area contributed by atoms with E-state index in [1.165, 1.54) is 7.11 Å². The van der Waals surface area contributed by atoms with Crippen LogP contribution >= 0.6 is 0 Å². The van der Waals surface area contributed by atoms with Gasteiger partial charge in [-0.1, -0.05) is 27.2 Å². The summed E-state index contributed by atoms with van der Waals surface area (Å²) >= 11 is 0. The molecule has 0 aromatic heterocycles. The number of carbonyl (C=O) groups excluding carboxylic acids is 1. The molecule has 0 rings (SSSR count). The maximum atomic E-state index is 11.3. The molecule has 0 aliphatic carbocycles. The predicted octanol–water partition coefficient (Wildman–Crippen LogP) is 1.96. The minimum Gasteiger partial charge on any atom is -0.468 e. The summed E-state index contributed by atoms with van der Waals surface area (Å²) in [6, 6.07) is 0.188. The molecule has 0 amide bonds. The van der Waals surface area contributed by atoms with Crippen LogP contribution in [0.3, 0.4) is 0 Å². The lowest BCUT2D eigenvalue weighted by molar-refractivity contribution is -0.143. The summed E-state index contributed by atoms with van der Waals surface area (Å²) < 4.78 is 4.72. The van der Waals surface area contributed by atoms with Gasteiger partial charge in [-0.25, -0.2) is 0 Å². The first-order chi connectivity index (χ1) is 6.56. The Hall–Kier alpha value is -0.570. The third-order valence-electron chi connectivity index (χ3n) is 2.86. The smallest absolute Gasteiger partial charge is 0.322 e. The SMILES string of the molecule is CCC(NC(C)C(C)CC)C(=O)OC. The van der Waals surface area contributed by atoms with Crippen molar-refractivity contribution in [2.45, 2.75) is 52.6 Å². The number of ether oxygens (including phenoxy) is 1. The summed E-state index contributed by atoms with van der Waals surface area (Å²) in [6.07, 6.45) is 1.89. The average Bonchev–Trinajstić information content (AvgIpc) is 2.22. The summed E-state index contributed by atoms with van der Waals surface area (Å²) in [5.74, 6) is 0.413. The third-order valence-corrected chi connectivity index (χ3v) is 2.86. The molecule has 0 fully saturated rings. The van der Waals surface area contributed by atoms with Crippen LogP contribution in [-0.2, 0) is 9.53 Å². The summed E-state index contributed by atoms with van der Waals surface area (Å²) in [5, 5.41) is 3.29. The fourth-order valence-corrected chi connectivity index (χ4v) is 1.33. The lowest BCUT2D eigenvalue weighted by Crippen LogP contribution is -2.44. The molecule has 0 bridgehead atoms. The monoisotopic (exact) mass is 201 g/mol. The molecule has 0 heterocycles. The Kier molecular flexibility index (Phi) is 6.54. The van der Waals surface area contributed by atoms with Crippen LogP contribution in [-0.4, -0.2) is 25.2 Å². The van der Waals surface area contributed by atoms with Gasteiger partial charge >= 0.3 is 5.97 Å². The Bertz CT molecular complexity index is 171. The van der Waals surface area contributed by atoms with Gasteiger partial charge in [0.25, 0.3) is 0 Å². The zero-order chi connectivity index (χ0) is 11.1. The van der Waals surface area contributed by atoms with E-state index in [1.807, 2.05) is 6.92 Å². The van der Waals surface area contributed by atoms with Gasteiger partial charge in [-0.15, -0.1) is 0 Å². The third kappa shape index (κ3) is 4.09. The minimum absolute atomic E-state index is 0.163. The molecular formula is C11H23NO2. The molecule has 0 aromatic rings. The first-order valence-electron chi connectivity index (χ1n) is 5.40. The van der Waals surface area contributed by atoms with Crippen molar-refractivity contribution in [3.63, 3.8) is 0 Å². The van der Waals surface area contributed by atoms with Crippen LogP contribution in [0.2, 0.25) is 0 Å². The highest BCUT2D eigenvalue weighted by atomic mass is 16.5. The lowest BCUT2D eigenvalue weighted by atomic mass is 9.99. The van der Waals surface area contributed by atoms with Gasteiger partial charge in [0.1, 0.15) is 6.04 Å². The Morgan fingerprint density at radius 3 is 2.21 bits per heavy atom. The molecule has 3 unspecified atom stereocenters. The molecule has 84 valence electrons. The second kappa shape index (κ2) is 6.82. The molecule has 3 nitrogen and oxygen atoms in total. The molecule has 0 radical (unpaired) electrons. The second-order valence-corrected chi connectivity index (χ2v) is 3.82. The summed E-state index contributed by atoms with van der Waals surface area (Å²) in [5.41, 5.74) is 0. The summed E-state index contributed by atoms with van der Waals surface area (Å²) in [4.78, 5) is 11.3. The fraction of sp³-hybridized carbons (Fsp3) is 0.909. The van der Waals surface area contributed by atoms with Crippen molar-refractivity contribution >= 4 is 5.97 Å². The molecule has 0 aliphatic heterocycles. The summed E-state index contributed by atoms with van der Waals surface area (Å²) in [6.45, 7) is 8.43. The van der Waals surface area contributed by atoms with Crippen LogP contribution in [0.5, 0.6) is 0 Å². The standard InChI is InChI=1S/C11H23NO2/c1-6-8(3)9(4)12-10(7-2)11(13)14-5/h8-10,12H,6-7H2,1-5H3. The number of esters is 1. The van der Waals surface area contributed by atoms with Gasteiger partial charge in [-0.2, -0.15) is 0 Å². The molecule has 0 spiro atoms.